The van der Waals surface area contributed by atoms with Gasteiger partial charge in [0.15, 0.2) is 5.65 Å². The summed E-state index contributed by atoms with van der Waals surface area (Å²) in [5, 5.41) is 13.8. The number of fused-ring (bicyclic) bond motifs is 1. The second-order valence-corrected chi connectivity index (χ2v) is 7.44. The summed E-state index contributed by atoms with van der Waals surface area (Å²) in [7, 11) is 0. The lowest BCUT2D eigenvalue weighted by Crippen LogP contribution is -2.24. The number of thiazole rings is 1. The highest BCUT2D eigenvalue weighted by Crippen LogP contribution is 2.34. The predicted octanol–water partition coefficient (Wildman–Crippen LogP) is 3.73. The van der Waals surface area contributed by atoms with E-state index in [-0.39, 0.29) is 0 Å². The van der Waals surface area contributed by atoms with E-state index < -0.39 is 5.60 Å². The van der Waals surface area contributed by atoms with Gasteiger partial charge in [-0.25, -0.2) is 15.0 Å². The maximum Gasteiger partial charge on any atom is 0.156 e. The average Bonchev–Trinajstić information content (AvgIpc) is 3.48. The predicted molar refractivity (Wildman–Crippen MR) is 108 cm³/mol. The first-order chi connectivity index (χ1) is 13.6. The highest BCUT2D eigenvalue weighted by molar-refractivity contribution is 7.13. The molecule has 0 spiro atoms. The van der Waals surface area contributed by atoms with Gasteiger partial charge in [0.2, 0.25) is 0 Å². The van der Waals surface area contributed by atoms with E-state index in [4.69, 9.17) is 4.98 Å². The Balaban J connectivity index is 1.53. The Bertz CT molecular complexity index is 1250. The van der Waals surface area contributed by atoms with E-state index in [0.29, 0.717) is 5.82 Å². The molecule has 28 heavy (non-hydrogen) atoms. The Hall–Kier alpha value is -3.36. The number of nitrogens with zero attached hydrogens (tertiary/aromatic N) is 4. The number of aromatic nitrogens is 6. The van der Waals surface area contributed by atoms with Gasteiger partial charge in [-0.1, -0.05) is 18.2 Å². The zero-order valence-electron chi connectivity index (χ0n) is 14.9. The van der Waals surface area contributed by atoms with Crippen molar-refractivity contribution >= 4 is 22.5 Å². The van der Waals surface area contributed by atoms with Crippen molar-refractivity contribution in [2.75, 3.05) is 0 Å². The van der Waals surface area contributed by atoms with Crippen LogP contribution in [-0.2, 0) is 5.60 Å². The zero-order valence-corrected chi connectivity index (χ0v) is 15.7. The van der Waals surface area contributed by atoms with Crippen LogP contribution in [0.1, 0.15) is 18.3 Å². The molecule has 0 amide bonds. The van der Waals surface area contributed by atoms with Crippen molar-refractivity contribution in [1.29, 1.82) is 0 Å². The van der Waals surface area contributed by atoms with Crippen molar-refractivity contribution < 1.29 is 5.11 Å². The molecule has 0 saturated heterocycles. The second kappa shape index (κ2) is 6.36. The number of imidazole rings is 1. The van der Waals surface area contributed by atoms with E-state index in [1.54, 1.807) is 43.0 Å². The third kappa shape index (κ3) is 2.70. The van der Waals surface area contributed by atoms with Crippen molar-refractivity contribution in [3.8, 4) is 21.8 Å². The Kier molecular flexibility index (Phi) is 3.81. The molecule has 0 fully saturated rings. The van der Waals surface area contributed by atoms with Crippen molar-refractivity contribution in [3.05, 3.63) is 72.0 Å². The van der Waals surface area contributed by atoms with E-state index in [1.165, 1.54) is 0 Å². The third-order valence-electron chi connectivity index (χ3n) is 4.72. The van der Waals surface area contributed by atoms with Crippen molar-refractivity contribution in [3.63, 3.8) is 0 Å². The van der Waals surface area contributed by atoms with Crippen LogP contribution in [0.4, 0.5) is 0 Å². The minimum absolute atomic E-state index is 0.501. The lowest BCUT2D eigenvalue weighted by atomic mass is 9.93. The van der Waals surface area contributed by atoms with Gasteiger partial charge in [0.1, 0.15) is 21.9 Å². The molecule has 4 heterocycles. The van der Waals surface area contributed by atoms with E-state index >= 15 is 0 Å². The molecule has 0 aliphatic heterocycles. The van der Waals surface area contributed by atoms with Gasteiger partial charge in [-0.2, -0.15) is 0 Å². The number of H-pyrrole nitrogens is 2. The van der Waals surface area contributed by atoms with Gasteiger partial charge in [0, 0.05) is 41.9 Å². The highest BCUT2D eigenvalue weighted by atomic mass is 32.1. The molecule has 5 rings (SSSR count). The number of rotatable bonds is 4. The SMILES string of the molecule is C[C@](O)(c1cccc(-c2csc(-c3c[nH]c4nccnc34)n2)c1)c1ncc[nH]1. The molecular formula is C20H16N6OS. The monoisotopic (exact) mass is 388 g/mol. The maximum atomic E-state index is 11.0. The molecule has 0 bridgehead atoms. The van der Waals surface area contributed by atoms with Gasteiger partial charge in [0.05, 0.1) is 11.3 Å². The van der Waals surface area contributed by atoms with E-state index in [9.17, 15) is 5.11 Å². The zero-order chi connectivity index (χ0) is 19.1. The molecule has 8 heteroatoms. The number of hydrogen-bond acceptors (Lipinski definition) is 6. The Morgan fingerprint density at radius 1 is 1.07 bits per heavy atom. The van der Waals surface area contributed by atoms with Crippen LogP contribution in [0, 0.1) is 0 Å². The molecule has 7 nitrogen and oxygen atoms in total. The fourth-order valence-corrected chi connectivity index (χ4v) is 4.04. The van der Waals surface area contributed by atoms with Gasteiger partial charge in [-0.05, 0) is 18.6 Å². The summed E-state index contributed by atoms with van der Waals surface area (Å²) < 4.78 is 0. The minimum atomic E-state index is -1.22. The smallest absolute Gasteiger partial charge is 0.156 e. The van der Waals surface area contributed by atoms with Gasteiger partial charge in [-0.15, -0.1) is 11.3 Å². The number of hydrogen-bond donors (Lipinski definition) is 3. The molecule has 0 aliphatic rings. The first kappa shape index (κ1) is 16.8. The Morgan fingerprint density at radius 3 is 2.82 bits per heavy atom. The summed E-state index contributed by atoms with van der Waals surface area (Å²) >= 11 is 1.55. The van der Waals surface area contributed by atoms with Gasteiger partial charge >= 0.3 is 0 Å². The van der Waals surface area contributed by atoms with Crippen molar-refractivity contribution in [1.82, 2.24) is 29.9 Å². The molecule has 3 N–H and O–H groups in total. The normalized spacial score (nSPS) is 13.6. The van der Waals surface area contributed by atoms with E-state index in [0.717, 1.165) is 38.6 Å². The molecule has 1 aromatic carbocycles. The van der Waals surface area contributed by atoms with E-state index in [1.807, 2.05) is 35.8 Å². The minimum Gasteiger partial charge on any atom is -0.377 e. The van der Waals surface area contributed by atoms with Crippen LogP contribution in [0.5, 0.6) is 0 Å². The quantitative estimate of drug-likeness (QED) is 0.435. The van der Waals surface area contributed by atoms with Crippen LogP contribution in [0.25, 0.3) is 33.0 Å². The number of aliphatic hydroxyl groups is 1. The highest BCUT2D eigenvalue weighted by Gasteiger charge is 2.28. The molecule has 0 radical (unpaired) electrons. The molecule has 138 valence electrons. The van der Waals surface area contributed by atoms with Gasteiger partial charge < -0.3 is 15.1 Å². The van der Waals surface area contributed by atoms with Crippen molar-refractivity contribution in [2.24, 2.45) is 0 Å². The molecule has 1 atom stereocenters. The lowest BCUT2D eigenvalue weighted by Gasteiger charge is -2.21. The molecular weight excluding hydrogens is 372 g/mol. The molecule has 0 saturated carbocycles. The molecule has 0 aliphatic carbocycles. The van der Waals surface area contributed by atoms with Gasteiger partial charge in [0.25, 0.3) is 0 Å². The summed E-state index contributed by atoms with van der Waals surface area (Å²) in [6.07, 6.45) is 8.54. The number of benzene rings is 1. The number of aromatic amines is 2. The van der Waals surface area contributed by atoms with Crippen LogP contribution in [0.3, 0.4) is 0 Å². The second-order valence-electron chi connectivity index (χ2n) is 6.58. The fraction of sp³-hybridized carbons (Fsp3) is 0.100. The summed E-state index contributed by atoms with van der Waals surface area (Å²) in [5.74, 6) is 0.501. The van der Waals surface area contributed by atoms with Crippen molar-refractivity contribution in [2.45, 2.75) is 12.5 Å². The van der Waals surface area contributed by atoms with E-state index in [2.05, 4.69) is 24.9 Å². The Morgan fingerprint density at radius 2 is 1.96 bits per heavy atom. The molecule has 4 aromatic heterocycles. The lowest BCUT2D eigenvalue weighted by molar-refractivity contribution is 0.0932. The molecule has 5 aromatic rings. The standard InChI is InChI=1S/C20H16N6OS/c1-20(27,19-23-7-8-24-19)13-4-2-3-12(9-13)15-11-28-18(26-15)14-10-25-17-16(14)21-5-6-22-17/h2-11,27H,1H3,(H,22,25)(H,23,24)/t20-/m0/s1. The summed E-state index contributed by atoms with van der Waals surface area (Å²) in [6, 6.07) is 7.72. The third-order valence-corrected chi connectivity index (χ3v) is 5.60. The van der Waals surface area contributed by atoms with Crippen LogP contribution in [-0.4, -0.2) is 35.0 Å². The fourth-order valence-electron chi connectivity index (χ4n) is 3.19. The van der Waals surface area contributed by atoms with Gasteiger partial charge in [-0.3, -0.25) is 4.98 Å². The largest absolute Gasteiger partial charge is 0.377 e. The Labute approximate surface area is 164 Å². The summed E-state index contributed by atoms with van der Waals surface area (Å²) in [5.41, 5.74) is 3.77. The van der Waals surface area contributed by atoms with Crippen LogP contribution in [0.2, 0.25) is 0 Å². The average molecular weight is 388 g/mol. The molecule has 0 unspecified atom stereocenters. The van der Waals surface area contributed by atoms with Crippen LogP contribution < -0.4 is 0 Å². The van der Waals surface area contributed by atoms with Crippen LogP contribution in [0.15, 0.2) is 60.6 Å². The summed E-state index contributed by atoms with van der Waals surface area (Å²) in [4.78, 5) is 23.8. The topological polar surface area (TPSA) is 103 Å². The first-order valence-electron chi connectivity index (χ1n) is 8.70. The van der Waals surface area contributed by atoms with Crippen LogP contribution >= 0.6 is 11.3 Å². The summed E-state index contributed by atoms with van der Waals surface area (Å²) in [6.45, 7) is 1.72. The number of nitrogens with one attached hydrogen (secondary N) is 2. The maximum absolute atomic E-state index is 11.0. The first-order valence-corrected chi connectivity index (χ1v) is 9.58.